The zero-order valence-electron chi connectivity index (χ0n) is 16.4. The molecule has 3 aromatic rings. The molecule has 0 saturated heterocycles. The maximum absolute atomic E-state index is 11.2. The number of aryl methyl sites for hydroxylation is 1. The van der Waals surface area contributed by atoms with E-state index in [0.29, 0.717) is 25.1 Å². The normalized spacial score (nSPS) is 14.1. The summed E-state index contributed by atoms with van der Waals surface area (Å²) < 4.78 is 7.35. The van der Waals surface area contributed by atoms with Crippen molar-refractivity contribution >= 4 is 12.4 Å². The number of fused-ring (bicyclic) bond motifs is 1. The van der Waals surface area contributed by atoms with Crippen molar-refractivity contribution in [2.45, 2.75) is 32.7 Å². The minimum absolute atomic E-state index is 0.250. The predicted molar refractivity (Wildman–Crippen MR) is 107 cm³/mol. The number of hydrogen-bond donors (Lipinski definition) is 2. The average molecular weight is 407 g/mol. The van der Waals surface area contributed by atoms with Crippen molar-refractivity contribution in [1.82, 2.24) is 14.7 Å². The van der Waals surface area contributed by atoms with Crippen LogP contribution in [0.4, 0.5) is 0 Å². The Morgan fingerprint density at radius 3 is 2.80 bits per heavy atom. The molecule has 0 aliphatic heterocycles. The van der Waals surface area contributed by atoms with E-state index < -0.39 is 5.97 Å². The van der Waals surface area contributed by atoms with Gasteiger partial charge in [-0.2, -0.15) is 0 Å². The predicted octanol–water partition coefficient (Wildman–Crippen LogP) is 2.38. The maximum atomic E-state index is 11.2. The highest BCUT2D eigenvalue weighted by molar-refractivity contribution is 5.72. The summed E-state index contributed by atoms with van der Waals surface area (Å²) >= 11 is 0. The fraction of sp³-hybridized carbons (Fsp3) is 0.273. The third-order valence-electron chi connectivity index (χ3n) is 4.83. The molecule has 1 atom stereocenters. The topological polar surface area (TPSA) is 118 Å². The quantitative estimate of drug-likeness (QED) is 0.503. The van der Waals surface area contributed by atoms with Crippen molar-refractivity contribution in [3.05, 3.63) is 70.6 Å². The van der Waals surface area contributed by atoms with Gasteiger partial charge in [0.1, 0.15) is 11.5 Å². The fourth-order valence-corrected chi connectivity index (χ4v) is 3.42. The summed E-state index contributed by atoms with van der Waals surface area (Å²) in [4.78, 5) is 23.8. The van der Waals surface area contributed by atoms with Gasteiger partial charge in [0.2, 0.25) is 5.76 Å². The molecule has 1 aliphatic carbocycles. The molecule has 0 saturated carbocycles. The lowest BCUT2D eigenvalue weighted by Crippen LogP contribution is -2.12. The lowest BCUT2D eigenvalue weighted by molar-refractivity contribution is -0.141. The minimum Gasteiger partial charge on any atom is -0.483 e. The number of nitrogens with zero attached hydrogens (tertiary/aromatic N) is 3. The van der Waals surface area contributed by atoms with Crippen LogP contribution in [0, 0.1) is 17.8 Å². The van der Waals surface area contributed by atoms with Crippen LogP contribution < -0.4 is 0 Å². The Morgan fingerprint density at radius 2 is 2.07 bits per heavy atom. The lowest BCUT2D eigenvalue weighted by atomic mass is 10.1. The summed E-state index contributed by atoms with van der Waals surface area (Å²) in [6.45, 7) is 2.41. The third kappa shape index (κ3) is 4.94. The molecule has 0 radical (unpaired) electrons. The van der Waals surface area contributed by atoms with Crippen LogP contribution >= 0.6 is 0 Å². The number of aliphatic carboxylic acids is 1. The van der Waals surface area contributed by atoms with Gasteiger partial charge in [-0.25, -0.2) is 4.98 Å². The molecule has 0 fully saturated rings. The highest BCUT2D eigenvalue weighted by Gasteiger charge is 2.26. The molecule has 2 N–H and O–H groups in total. The monoisotopic (exact) mass is 407 g/mol. The highest BCUT2D eigenvalue weighted by atomic mass is 16.5. The highest BCUT2D eigenvalue weighted by Crippen LogP contribution is 2.27. The first-order valence-corrected chi connectivity index (χ1v) is 9.44. The van der Waals surface area contributed by atoms with Crippen LogP contribution in [-0.2, 0) is 35.4 Å². The Hall–Kier alpha value is -3.86. The van der Waals surface area contributed by atoms with Crippen LogP contribution in [0.3, 0.4) is 0 Å². The van der Waals surface area contributed by atoms with E-state index in [-0.39, 0.29) is 12.4 Å². The van der Waals surface area contributed by atoms with Crippen LogP contribution in [-0.4, -0.2) is 37.4 Å². The van der Waals surface area contributed by atoms with Gasteiger partial charge in [0.15, 0.2) is 0 Å². The number of hydrogen-bond acceptors (Lipinski definition) is 5. The average Bonchev–Trinajstić information content (AvgIpc) is 3.46. The zero-order valence-corrected chi connectivity index (χ0v) is 16.4. The van der Waals surface area contributed by atoms with Crippen LogP contribution in [0.15, 0.2) is 41.2 Å². The Morgan fingerprint density at radius 1 is 1.30 bits per heavy atom. The lowest BCUT2D eigenvalue weighted by Gasteiger charge is -2.02. The molecule has 0 amide bonds. The summed E-state index contributed by atoms with van der Waals surface area (Å²) in [5, 5.41) is 20.1. The van der Waals surface area contributed by atoms with Crippen LogP contribution in [0.2, 0.25) is 0 Å². The Labute approximate surface area is 173 Å². The van der Waals surface area contributed by atoms with E-state index >= 15 is 0 Å². The molecule has 2 heterocycles. The molecule has 4 rings (SSSR count). The molecule has 0 spiro atoms. The molecule has 154 valence electrons. The van der Waals surface area contributed by atoms with Crippen molar-refractivity contribution in [2.24, 2.45) is 5.92 Å². The number of benzene rings is 1. The van der Waals surface area contributed by atoms with E-state index in [4.69, 9.17) is 14.4 Å². The van der Waals surface area contributed by atoms with Crippen molar-refractivity contribution in [1.29, 1.82) is 0 Å². The molecule has 30 heavy (non-hydrogen) atoms. The first kappa shape index (κ1) is 20.9. The van der Waals surface area contributed by atoms with Crippen LogP contribution in [0.1, 0.15) is 40.9 Å². The molecule has 0 bridgehead atoms. The molecule has 8 nitrogen and oxygen atoms in total. The Kier molecular flexibility index (Phi) is 6.65. The number of aromatic nitrogens is 3. The molecule has 8 heteroatoms. The fourth-order valence-electron chi connectivity index (χ4n) is 3.42. The van der Waals surface area contributed by atoms with Gasteiger partial charge in [0.25, 0.3) is 6.47 Å². The number of rotatable bonds is 4. The van der Waals surface area contributed by atoms with E-state index in [1.54, 1.807) is 6.20 Å². The van der Waals surface area contributed by atoms with Crippen molar-refractivity contribution in [3.63, 3.8) is 0 Å². The van der Waals surface area contributed by atoms with E-state index in [2.05, 4.69) is 28.9 Å². The summed E-state index contributed by atoms with van der Waals surface area (Å²) in [5.74, 6) is 6.52. The van der Waals surface area contributed by atoms with Gasteiger partial charge in [0, 0.05) is 30.4 Å². The number of carboxylic acid groups (broad SMARTS) is 2. The van der Waals surface area contributed by atoms with Gasteiger partial charge in [0.05, 0.1) is 12.5 Å². The summed E-state index contributed by atoms with van der Waals surface area (Å²) in [7, 11) is 0. The number of carboxylic acids is 1. The van der Waals surface area contributed by atoms with Gasteiger partial charge in [-0.15, -0.1) is 0 Å². The summed E-state index contributed by atoms with van der Waals surface area (Å²) in [6, 6.07) is 7.70. The van der Waals surface area contributed by atoms with Crippen LogP contribution in [0.25, 0.3) is 0 Å². The van der Waals surface area contributed by atoms with Gasteiger partial charge in [-0.1, -0.05) is 24.1 Å². The Bertz CT molecular complexity index is 1100. The van der Waals surface area contributed by atoms with E-state index in [1.165, 1.54) is 0 Å². The third-order valence-corrected chi connectivity index (χ3v) is 4.83. The molecule has 1 unspecified atom stereocenters. The second kappa shape index (κ2) is 9.56. The number of carbonyl (C=O) groups is 2. The van der Waals surface area contributed by atoms with Crippen LogP contribution in [0.5, 0.6) is 0 Å². The molecular weight excluding hydrogens is 386 g/mol. The van der Waals surface area contributed by atoms with E-state index in [9.17, 15) is 9.90 Å². The van der Waals surface area contributed by atoms with Gasteiger partial charge < -0.3 is 19.3 Å². The molecule has 1 aromatic carbocycles. The largest absolute Gasteiger partial charge is 0.483 e. The van der Waals surface area contributed by atoms with Gasteiger partial charge >= 0.3 is 5.97 Å². The summed E-state index contributed by atoms with van der Waals surface area (Å²) in [5.41, 5.74) is 3.81. The SMILES string of the molecule is CCc1nccn1Cc1cc(C#Cc2ccc3c(c2)CC(C(=O)O)C3)on1.O=CO. The molecule has 2 aromatic heterocycles. The molecular formula is C22H21N3O5. The second-order valence-electron chi connectivity index (χ2n) is 6.79. The summed E-state index contributed by atoms with van der Waals surface area (Å²) in [6.07, 6.45) is 5.73. The van der Waals surface area contributed by atoms with E-state index in [1.807, 2.05) is 35.0 Å². The van der Waals surface area contributed by atoms with Crippen molar-refractivity contribution < 1.29 is 24.3 Å². The molecule has 1 aliphatic rings. The van der Waals surface area contributed by atoms with Gasteiger partial charge in [-0.3, -0.25) is 9.59 Å². The first-order chi connectivity index (χ1) is 14.5. The standard InChI is InChI=1S/C21H19N3O3.CH2O2/c1-2-20-22-7-8-24(20)13-18-12-19(27-23-18)6-4-14-3-5-15-10-17(21(25)26)11-16(15)9-14;2-1-3/h3,5,7-9,12,17H,2,10-11,13H2,1H3,(H,25,26);1H,(H,2,3). The van der Waals surface area contributed by atoms with E-state index in [0.717, 1.165) is 34.6 Å². The second-order valence-corrected chi connectivity index (χ2v) is 6.79. The van der Waals surface area contributed by atoms with Gasteiger partial charge in [-0.05, 0) is 42.0 Å². The zero-order chi connectivity index (χ0) is 21.5. The number of imidazole rings is 1. The smallest absolute Gasteiger partial charge is 0.307 e. The Balaban J connectivity index is 0.000000806. The first-order valence-electron chi connectivity index (χ1n) is 9.44. The maximum Gasteiger partial charge on any atom is 0.307 e. The minimum atomic E-state index is -0.739. The van der Waals surface area contributed by atoms with Crippen molar-refractivity contribution in [2.75, 3.05) is 0 Å². The van der Waals surface area contributed by atoms with Crippen molar-refractivity contribution in [3.8, 4) is 11.8 Å².